The number of rotatable bonds is 11. The lowest BCUT2D eigenvalue weighted by molar-refractivity contribution is -0.139. The summed E-state index contributed by atoms with van der Waals surface area (Å²) in [5.74, 6) is 1.45. The molecule has 0 N–H and O–H groups in total. The number of thiazole rings is 1. The summed E-state index contributed by atoms with van der Waals surface area (Å²) in [4.78, 5) is 32.0. The first-order valence-corrected chi connectivity index (χ1v) is 13.9. The zero-order valence-corrected chi connectivity index (χ0v) is 23.8. The number of hydrogen-bond donors (Lipinski definition) is 0. The highest BCUT2D eigenvalue weighted by Crippen LogP contribution is 2.32. The van der Waals surface area contributed by atoms with Gasteiger partial charge in [-0.25, -0.2) is 9.79 Å². The Morgan fingerprint density at radius 3 is 2.49 bits per heavy atom. The third kappa shape index (κ3) is 6.09. The van der Waals surface area contributed by atoms with Crippen LogP contribution >= 0.6 is 11.3 Å². The average molecular weight is 551 g/mol. The minimum Gasteiger partial charge on any atom is -0.497 e. The SMILES string of the molecule is CCCCCOc1ccc(/C=c2/sc3n(c2=O)[C@@H](c2ccc(OC)cc2)C(C(=O)OCC)=C(C)N=3)cc1OC. The number of allylic oxidation sites excluding steroid dienone is 1. The van der Waals surface area contributed by atoms with Gasteiger partial charge in [0.1, 0.15) is 5.75 Å². The van der Waals surface area contributed by atoms with Crippen molar-refractivity contribution in [2.24, 2.45) is 4.99 Å². The molecule has 0 radical (unpaired) electrons. The summed E-state index contributed by atoms with van der Waals surface area (Å²) in [6, 6.07) is 12.2. The van der Waals surface area contributed by atoms with Crippen LogP contribution in [0.4, 0.5) is 0 Å². The van der Waals surface area contributed by atoms with E-state index in [-0.39, 0.29) is 12.2 Å². The molecule has 8 nitrogen and oxygen atoms in total. The first-order chi connectivity index (χ1) is 18.9. The van der Waals surface area contributed by atoms with Gasteiger partial charge in [0.25, 0.3) is 5.56 Å². The summed E-state index contributed by atoms with van der Waals surface area (Å²) in [6.45, 7) is 6.51. The van der Waals surface area contributed by atoms with Crippen molar-refractivity contribution in [3.8, 4) is 17.2 Å². The first-order valence-electron chi connectivity index (χ1n) is 13.1. The number of unbranched alkanes of at least 4 members (excludes halogenated alkanes) is 2. The van der Waals surface area contributed by atoms with E-state index in [4.69, 9.17) is 18.9 Å². The predicted octanol–water partition coefficient (Wildman–Crippen LogP) is 4.38. The lowest BCUT2D eigenvalue weighted by Crippen LogP contribution is -2.39. The fourth-order valence-corrected chi connectivity index (χ4v) is 5.52. The first kappa shape index (κ1) is 28.2. The molecule has 0 saturated carbocycles. The molecule has 2 heterocycles. The van der Waals surface area contributed by atoms with Gasteiger partial charge < -0.3 is 18.9 Å². The number of hydrogen-bond acceptors (Lipinski definition) is 8. The van der Waals surface area contributed by atoms with Crippen LogP contribution in [0.25, 0.3) is 6.08 Å². The number of benzene rings is 2. The summed E-state index contributed by atoms with van der Waals surface area (Å²) in [5.41, 5.74) is 2.17. The standard InChI is InChI=1S/C30H34N2O6S/c1-6-8-9-16-38-23-15-10-20(17-24(23)36-5)18-25-28(33)32-27(21-11-13-22(35-4)14-12-21)26(29(34)37-7-2)19(3)31-30(32)39-25/h10-15,17-18,27H,6-9,16H2,1-5H3/b25-18+/t27-/m0/s1. The molecular weight excluding hydrogens is 516 g/mol. The summed E-state index contributed by atoms with van der Waals surface area (Å²) in [6.07, 6.45) is 5.01. The maximum Gasteiger partial charge on any atom is 0.338 e. The van der Waals surface area contributed by atoms with Gasteiger partial charge in [0.2, 0.25) is 0 Å². The minimum absolute atomic E-state index is 0.218. The Labute approximate surface area is 231 Å². The maximum absolute atomic E-state index is 13.8. The smallest absolute Gasteiger partial charge is 0.338 e. The Balaban J connectivity index is 1.79. The van der Waals surface area contributed by atoms with Gasteiger partial charge in [-0.05, 0) is 61.7 Å². The Morgan fingerprint density at radius 1 is 1.05 bits per heavy atom. The van der Waals surface area contributed by atoms with Gasteiger partial charge >= 0.3 is 5.97 Å². The van der Waals surface area contributed by atoms with Gasteiger partial charge in [-0.2, -0.15) is 0 Å². The molecular formula is C30H34N2O6S. The van der Waals surface area contributed by atoms with E-state index in [0.29, 0.717) is 44.5 Å². The molecule has 0 unspecified atom stereocenters. The normalized spacial score (nSPS) is 15.0. The second-order valence-electron chi connectivity index (χ2n) is 9.04. The fourth-order valence-electron chi connectivity index (χ4n) is 4.47. The van der Waals surface area contributed by atoms with Crippen LogP contribution in [0.5, 0.6) is 17.2 Å². The third-order valence-electron chi connectivity index (χ3n) is 6.44. The lowest BCUT2D eigenvalue weighted by atomic mass is 9.96. The minimum atomic E-state index is -0.679. The van der Waals surface area contributed by atoms with Crippen LogP contribution in [0, 0.1) is 0 Å². The molecule has 0 aliphatic carbocycles. The molecule has 1 aliphatic heterocycles. The van der Waals surface area contributed by atoms with Crippen LogP contribution in [0.15, 0.2) is 63.5 Å². The molecule has 2 aromatic carbocycles. The number of aromatic nitrogens is 1. The van der Waals surface area contributed by atoms with E-state index in [9.17, 15) is 9.59 Å². The second kappa shape index (κ2) is 12.8. The van der Waals surface area contributed by atoms with Crippen molar-refractivity contribution >= 4 is 23.4 Å². The zero-order valence-electron chi connectivity index (χ0n) is 23.0. The highest BCUT2D eigenvalue weighted by Gasteiger charge is 2.33. The Hall–Kier alpha value is -3.85. The van der Waals surface area contributed by atoms with E-state index < -0.39 is 12.0 Å². The quantitative estimate of drug-likeness (QED) is 0.260. The molecule has 0 spiro atoms. The van der Waals surface area contributed by atoms with Crippen LogP contribution in [0.1, 0.15) is 57.2 Å². The number of fused-ring (bicyclic) bond motifs is 1. The van der Waals surface area contributed by atoms with Crippen LogP contribution < -0.4 is 29.1 Å². The van der Waals surface area contributed by atoms with Crippen molar-refractivity contribution in [1.82, 2.24) is 4.57 Å². The van der Waals surface area contributed by atoms with Crippen LogP contribution in [0.2, 0.25) is 0 Å². The molecule has 0 amide bonds. The fraction of sp³-hybridized carbons (Fsp3) is 0.367. The van der Waals surface area contributed by atoms with Crippen molar-refractivity contribution in [3.05, 3.63) is 84.5 Å². The molecule has 0 saturated heterocycles. The zero-order chi connectivity index (χ0) is 27.9. The second-order valence-corrected chi connectivity index (χ2v) is 10.1. The highest BCUT2D eigenvalue weighted by atomic mass is 32.1. The van der Waals surface area contributed by atoms with E-state index in [1.165, 1.54) is 11.3 Å². The van der Waals surface area contributed by atoms with Crippen molar-refractivity contribution in [3.63, 3.8) is 0 Å². The van der Waals surface area contributed by atoms with Gasteiger partial charge in [0.05, 0.1) is 49.3 Å². The molecule has 0 fully saturated rings. The summed E-state index contributed by atoms with van der Waals surface area (Å²) in [7, 11) is 3.19. The number of carbonyl (C=O) groups is 1. The molecule has 9 heteroatoms. The summed E-state index contributed by atoms with van der Waals surface area (Å²) in [5, 5.41) is 0. The van der Waals surface area contributed by atoms with Crippen molar-refractivity contribution in [2.45, 2.75) is 46.1 Å². The maximum atomic E-state index is 13.8. The number of methoxy groups -OCH3 is 2. The van der Waals surface area contributed by atoms with Crippen LogP contribution in [-0.4, -0.2) is 38.0 Å². The molecule has 1 aromatic heterocycles. The van der Waals surface area contributed by atoms with E-state index >= 15 is 0 Å². The Bertz CT molecular complexity index is 1530. The molecule has 39 heavy (non-hydrogen) atoms. The molecule has 0 bridgehead atoms. The number of esters is 1. The van der Waals surface area contributed by atoms with E-state index in [0.717, 1.165) is 30.4 Å². The van der Waals surface area contributed by atoms with Gasteiger partial charge in [-0.3, -0.25) is 9.36 Å². The highest BCUT2D eigenvalue weighted by molar-refractivity contribution is 7.07. The average Bonchev–Trinajstić information content (AvgIpc) is 3.24. The van der Waals surface area contributed by atoms with Gasteiger partial charge in [0, 0.05) is 0 Å². The summed E-state index contributed by atoms with van der Waals surface area (Å²) < 4.78 is 24.2. The largest absolute Gasteiger partial charge is 0.497 e. The number of ether oxygens (including phenoxy) is 4. The van der Waals surface area contributed by atoms with Gasteiger partial charge in [-0.1, -0.05) is 49.3 Å². The number of nitrogens with zero attached hydrogens (tertiary/aromatic N) is 2. The monoisotopic (exact) mass is 550 g/mol. The summed E-state index contributed by atoms with van der Waals surface area (Å²) >= 11 is 1.28. The van der Waals surface area contributed by atoms with Gasteiger partial charge in [0.15, 0.2) is 16.3 Å². The van der Waals surface area contributed by atoms with Crippen LogP contribution in [0.3, 0.4) is 0 Å². The van der Waals surface area contributed by atoms with Crippen molar-refractivity contribution in [2.75, 3.05) is 27.4 Å². The molecule has 3 aromatic rings. The van der Waals surface area contributed by atoms with Crippen molar-refractivity contribution in [1.29, 1.82) is 0 Å². The molecule has 206 valence electrons. The molecule has 1 atom stereocenters. The Kier molecular flexibility index (Phi) is 9.24. The topological polar surface area (TPSA) is 88.4 Å². The Morgan fingerprint density at radius 2 is 1.82 bits per heavy atom. The van der Waals surface area contributed by atoms with E-state index in [2.05, 4.69) is 11.9 Å². The molecule has 1 aliphatic rings. The van der Waals surface area contributed by atoms with Gasteiger partial charge in [-0.15, -0.1) is 0 Å². The predicted molar refractivity (Wildman–Crippen MR) is 151 cm³/mol. The van der Waals surface area contributed by atoms with E-state index in [1.807, 2.05) is 48.5 Å². The third-order valence-corrected chi connectivity index (χ3v) is 7.42. The number of carbonyl (C=O) groups excluding carboxylic acids is 1. The van der Waals surface area contributed by atoms with Crippen LogP contribution in [-0.2, 0) is 9.53 Å². The molecule has 4 rings (SSSR count). The lowest BCUT2D eigenvalue weighted by Gasteiger charge is -2.24. The van der Waals surface area contributed by atoms with E-state index in [1.54, 1.807) is 32.6 Å². The van der Waals surface area contributed by atoms with Crippen molar-refractivity contribution < 1.29 is 23.7 Å².